The second-order valence-corrected chi connectivity index (χ2v) is 7.43. The molecule has 1 aliphatic heterocycles. The molecule has 1 heterocycles. The molecule has 1 atom stereocenters. The lowest BCUT2D eigenvalue weighted by Crippen LogP contribution is -2.49. The lowest BCUT2D eigenvalue weighted by Gasteiger charge is -2.32. The predicted octanol–water partition coefficient (Wildman–Crippen LogP) is 0.680. The lowest BCUT2D eigenvalue weighted by molar-refractivity contribution is 0.281. The zero-order chi connectivity index (χ0) is 13.1. The Bertz CT molecular complexity index is 329. The van der Waals surface area contributed by atoms with Crippen molar-refractivity contribution in [3.05, 3.63) is 0 Å². The van der Waals surface area contributed by atoms with Gasteiger partial charge in [0.25, 0.3) is 10.2 Å². The van der Waals surface area contributed by atoms with Crippen molar-refractivity contribution in [3.8, 4) is 0 Å². The average Bonchev–Trinajstić information content (AvgIpc) is 2.68. The van der Waals surface area contributed by atoms with E-state index >= 15 is 0 Å². The van der Waals surface area contributed by atoms with Crippen LogP contribution in [0.4, 0.5) is 0 Å². The first kappa shape index (κ1) is 14.9. The number of nitrogens with two attached hydrogens (primary N) is 1. The molecule has 1 rings (SSSR count). The van der Waals surface area contributed by atoms with Gasteiger partial charge >= 0.3 is 0 Å². The summed E-state index contributed by atoms with van der Waals surface area (Å²) >= 11 is 0. The molecule has 1 fully saturated rings. The fourth-order valence-corrected chi connectivity index (χ4v) is 3.74. The molecule has 0 aromatic carbocycles. The molecule has 1 unspecified atom stereocenters. The van der Waals surface area contributed by atoms with E-state index in [4.69, 9.17) is 5.73 Å². The third-order valence-electron chi connectivity index (χ3n) is 3.20. The van der Waals surface area contributed by atoms with E-state index in [-0.39, 0.29) is 11.5 Å². The van der Waals surface area contributed by atoms with Gasteiger partial charge in [-0.15, -0.1) is 0 Å². The molecule has 0 saturated carbocycles. The van der Waals surface area contributed by atoms with Crippen LogP contribution < -0.4 is 10.5 Å². The maximum absolute atomic E-state index is 12.1. The Hall–Kier alpha value is -0.170. The third-order valence-corrected chi connectivity index (χ3v) is 4.82. The number of hydrogen-bond donors (Lipinski definition) is 2. The van der Waals surface area contributed by atoms with E-state index in [0.29, 0.717) is 26.1 Å². The minimum atomic E-state index is -3.34. The molecule has 0 radical (unpaired) electrons. The zero-order valence-corrected chi connectivity index (χ0v) is 11.9. The second-order valence-electron chi connectivity index (χ2n) is 5.73. The van der Waals surface area contributed by atoms with E-state index < -0.39 is 10.2 Å². The number of nitrogens with one attached hydrogen (secondary N) is 1. The van der Waals surface area contributed by atoms with Crippen LogP contribution in [0.25, 0.3) is 0 Å². The molecule has 6 heteroatoms. The summed E-state index contributed by atoms with van der Waals surface area (Å²) in [4.78, 5) is 0. The molecule has 102 valence electrons. The minimum Gasteiger partial charge on any atom is -0.330 e. The van der Waals surface area contributed by atoms with Crippen molar-refractivity contribution in [2.75, 3.05) is 19.6 Å². The first-order chi connectivity index (χ1) is 7.77. The molecule has 17 heavy (non-hydrogen) atoms. The summed E-state index contributed by atoms with van der Waals surface area (Å²) in [6.45, 7) is 7.84. The molecule has 3 N–H and O–H groups in total. The van der Waals surface area contributed by atoms with Crippen LogP contribution in [0.1, 0.15) is 40.0 Å². The van der Waals surface area contributed by atoms with Crippen LogP contribution in [0.5, 0.6) is 0 Å². The molecule has 0 aliphatic carbocycles. The normalized spacial score (nSPS) is 20.7. The summed E-state index contributed by atoms with van der Waals surface area (Å²) in [5, 5.41) is 0. The fourth-order valence-electron chi connectivity index (χ4n) is 2.02. The Balaban J connectivity index is 2.72. The van der Waals surface area contributed by atoms with E-state index in [1.807, 2.05) is 20.8 Å². The van der Waals surface area contributed by atoms with Crippen molar-refractivity contribution in [1.29, 1.82) is 0 Å². The molecule has 0 amide bonds. The number of nitrogens with zero attached hydrogens (tertiary/aromatic N) is 1. The highest BCUT2D eigenvalue weighted by atomic mass is 32.2. The highest BCUT2D eigenvalue weighted by Crippen LogP contribution is 2.23. The van der Waals surface area contributed by atoms with Gasteiger partial charge in [0.15, 0.2) is 0 Å². The van der Waals surface area contributed by atoms with Crippen LogP contribution in [0.3, 0.4) is 0 Å². The van der Waals surface area contributed by atoms with Crippen molar-refractivity contribution in [1.82, 2.24) is 9.03 Å². The molecule has 0 aromatic heterocycles. The van der Waals surface area contributed by atoms with Crippen LogP contribution >= 0.6 is 0 Å². The molecular weight excluding hydrogens is 238 g/mol. The third kappa shape index (κ3) is 4.21. The topological polar surface area (TPSA) is 75.4 Å². The standard InChI is InChI=1S/C11H25N3O2S/c1-11(2,3)10(6-7-12)13-17(15,16)14-8-4-5-9-14/h10,13H,4-9,12H2,1-3H3. The Morgan fingerprint density at radius 3 is 2.24 bits per heavy atom. The number of rotatable bonds is 5. The first-order valence-corrected chi connectivity index (χ1v) is 7.69. The van der Waals surface area contributed by atoms with Crippen LogP contribution in [0.15, 0.2) is 0 Å². The SMILES string of the molecule is CC(C)(C)C(CCN)NS(=O)(=O)N1CCCC1. The van der Waals surface area contributed by atoms with E-state index in [9.17, 15) is 8.42 Å². The van der Waals surface area contributed by atoms with Crippen molar-refractivity contribution in [2.45, 2.75) is 46.1 Å². The zero-order valence-electron chi connectivity index (χ0n) is 11.1. The molecule has 0 spiro atoms. The van der Waals surface area contributed by atoms with Gasteiger partial charge in [-0.1, -0.05) is 20.8 Å². The molecule has 5 nitrogen and oxygen atoms in total. The summed E-state index contributed by atoms with van der Waals surface area (Å²) in [5.74, 6) is 0. The Labute approximate surface area is 105 Å². The van der Waals surface area contributed by atoms with Crippen molar-refractivity contribution in [3.63, 3.8) is 0 Å². The molecule has 1 saturated heterocycles. The fraction of sp³-hybridized carbons (Fsp3) is 1.00. The van der Waals surface area contributed by atoms with Crippen molar-refractivity contribution in [2.24, 2.45) is 11.1 Å². The lowest BCUT2D eigenvalue weighted by atomic mass is 9.85. The van der Waals surface area contributed by atoms with Gasteiger partial charge in [-0.05, 0) is 31.2 Å². The van der Waals surface area contributed by atoms with Crippen molar-refractivity contribution >= 4 is 10.2 Å². The van der Waals surface area contributed by atoms with Gasteiger partial charge in [-0.25, -0.2) is 0 Å². The first-order valence-electron chi connectivity index (χ1n) is 6.25. The summed E-state index contributed by atoms with van der Waals surface area (Å²) in [5.41, 5.74) is 5.43. The highest BCUT2D eigenvalue weighted by molar-refractivity contribution is 7.87. The van der Waals surface area contributed by atoms with Crippen LogP contribution in [-0.2, 0) is 10.2 Å². The molecule has 0 bridgehead atoms. The molecule has 1 aliphatic rings. The van der Waals surface area contributed by atoms with E-state index in [2.05, 4.69) is 4.72 Å². The average molecular weight is 263 g/mol. The van der Waals surface area contributed by atoms with Gasteiger partial charge in [0.1, 0.15) is 0 Å². The van der Waals surface area contributed by atoms with Crippen molar-refractivity contribution < 1.29 is 8.42 Å². The number of hydrogen-bond acceptors (Lipinski definition) is 3. The highest BCUT2D eigenvalue weighted by Gasteiger charge is 2.32. The monoisotopic (exact) mass is 263 g/mol. The van der Waals surface area contributed by atoms with Gasteiger partial charge in [0.2, 0.25) is 0 Å². The van der Waals surface area contributed by atoms with Gasteiger partial charge in [-0.2, -0.15) is 17.4 Å². The Morgan fingerprint density at radius 2 is 1.82 bits per heavy atom. The van der Waals surface area contributed by atoms with E-state index in [1.165, 1.54) is 4.31 Å². The predicted molar refractivity (Wildman–Crippen MR) is 69.8 cm³/mol. The van der Waals surface area contributed by atoms with E-state index in [1.54, 1.807) is 0 Å². The largest absolute Gasteiger partial charge is 0.330 e. The van der Waals surface area contributed by atoms with Gasteiger partial charge in [0.05, 0.1) is 0 Å². The summed E-state index contributed by atoms with van der Waals surface area (Å²) < 4.78 is 28.6. The smallest absolute Gasteiger partial charge is 0.279 e. The Kier molecular flexibility index (Phi) is 4.95. The minimum absolute atomic E-state index is 0.113. The van der Waals surface area contributed by atoms with Gasteiger partial charge in [-0.3, -0.25) is 0 Å². The Morgan fingerprint density at radius 1 is 1.29 bits per heavy atom. The van der Waals surface area contributed by atoms with Crippen LogP contribution in [0, 0.1) is 5.41 Å². The molecular formula is C11H25N3O2S. The summed E-state index contributed by atoms with van der Waals surface area (Å²) in [7, 11) is -3.34. The maximum Gasteiger partial charge on any atom is 0.279 e. The maximum atomic E-state index is 12.1. The molecule has 0 aromatic rings. The van der Waals surface area contributed by atoms with Gasteiger partial charge in [0, 0.05) is 19.1 Å². The summed E-state index contributed by atoms with van der Waals surface area (Å²) in [6, 6.07) is -0.113. The quantitative estimate of drug-likeness (QED) is 0.766. The summed E-state index contributed by atoms with van der Waals surface area (Å²) in [6.07, 6.45) is 2.58. The van der Waals surface area contributed by atoms with Crippen LogP contribution in [-0.4, -0.2) is 38.4 Å². The van der Waals surface area contributed by atoms with Gasteiger partial charge < -0.3 is 5.73 Å². The van der Waals surface area contributed by atoms with Crippen LogP contribution in [0.2, 0.25) is 0 Å². The second kappa shape index (κ2) is 5.65. The van der Waals surface area contributed by atoms with E-state index in [0.717, 1.165) is 12.8 Å².